The summed E-state index contributed by atoms with van der Waals surface area (Å²) in [6.45, 7) is 6.18. The maximum absolute atomic E-state index is 4.69. The lowest BCUT2D eigenvalue weighted by atomic mass is 10.2. The molecule has 0 radical (unpaired) electrons. The zero-order valence-corrected chi connectivity index (χ0v) is 14.5. The van der Waals surface area contributed by atoms with Crippen LogP contribution < -0.4 is 0 Å². The van der Waals surface area contributed by atoms with Gasteiger partial charge in [-0.1, -0.05) is 31.3 Å². The highest BCUT2D eigenvalue weighted by atomic mass is 32.1. The Balaban J connectivity index is 1.80. The van der Waals surface area contributed by atoms with Crippen molar-refractivity contribution in [3.05, 3.63) is 35.9 Å². The number of hydrogen-bond donors (Lipinski definition) is 0. The van der Waals surface area contributed by atoms with Crippen molar-refractivity contribution >= 4 is 27.6 Å². The molecule has 4 heterocycles. The van der Waals surface area contributed by atoms with E-state index in [-0.39, 0.29) is 5.92 Å². The first-order valence-corrected chi connectivity index (χ1v) is 8.88. The minimum Gasteiger partial charge on any atom is -0.254 e. The van der Waals surface area contributed by atoms with Crippen LogP contribution >= 0.6 is 22.7 Å². The SMILES string of the molecule is Cc1nc(-c2ccccn2)sc1-c1nn2c(C(C)C)nnc2s1. The zero-order valence-electron chi connectivity index (χ0n) is 12.9. The Hall–Kier alpha value is -2.19. The summed E-state index contributed by atoms with van der Waals surface area (Å²) in [6, 6.07) is 5.84. The first-order chi connectivity index (χ1) is 11.1. The molecule has 0 aliphatic rings. The summed E-state index contributed by atoms with van der Waals surface area (Å²) < 4.78 is 1.84. The number of aryl methyl sites for hydroxylation is 1. The van der Waals surface area contributed by atoms with Gasteiger partial charge < -0.3 is 0 Å². The molecule has 0 fully saturated rings. The second kappa shape index (κ2) is 5.47. The molecule has 4 aromatic heterocycles. The zero-order chi connectivity index (χ0) is 16.0. The van der Waals surface area contributed by atoms with E-state index < -0.39 is 0 Å². The van der Waals surface area contributed by atoms with Crippen molar-refractivity contribution in [2.24, 2.45) is 0 Å². The first-order valence-electron chi connectivity index (χ1n) is 7.25. The van der Waals surface area contributed by atoms with Gasteiger partial charge in [-0.05, 0) is 19.1 Å². The van der Waals surface area contributed by atoms with E-state index in [2.05, 4.69) is 34.0 Å². The fourth-order valence-corrected chi connectivity index (χ4v) is 4.29. The lowest BCUT2D eigenvalue weighted by Gasteiger charge is -1.97. The molecule has 0 saturated carbocycles. The van der Waals surface area contributed by atoms with Gasteiger partial charge in [-0.3, -0.25) is 4.98 Å². The molecule has 0 spiro atoms. The van der Waals surface area contributed by atoms with Crippen LogP contribution in [0.25, 0.3) is 25.5 Å². The number of nitrogens with zero attached hydrogens (tertiary/aromatic N) is 6. The lowest BCUT2D eigenvalue weighted by molar-refractivity contribution is 0.727. The topological polar surface area (TPSA) is 68.9 Å². The summed E-state index contributed by atoms with van der Waals surface area (Å²) in [5, 5.41) is 15.0. The van der Waals surface area contributed by atoms with Gasteiger partial charge >= 0.3 is 0 Å². The molecule has 0 aliphatic heterocycles. The van der Waals surface area contributed by atoms with Crippen LogP contribution in [0.2, 0.25) is 0 Å². The molecule has 0 atom stereocenters. The Morgan fingerprint density at radius 1 is 1.09 bits per heavy atom. The third-order valence-corrected chi connectivity index (χ3v) is 5.64. The molecule has 23 heavy (non-hydrogen) atoms. The molecule has 4 aromatic rings. The number of aromatic nitrogens is 6. The second-order valence-corrected chi connectivity index (χ2v) is 7.42. The summed E-state index contributed by atoms with van der Waals surface area (Å²) in [6.07, 6.45) is 1.78. The van der Waals surface area contributed by atoms with Gasteiger partial charge in [-0.25, -0.2) is 4.98 Å². The number of fused-ring (bicyclic) bond motifs is 1. The molecular formula is C15H14N6S2. The van der Waals surface area contributed by atoms with E-state index in [0.29, 0.717) is 0 Å². The number of pyridine rings is 1. The second-order valence-electron chi connectivity index (χ2n) is 5.46. The van der Waals surface area contributed by atoms with Gasteiger partial charge in [0.05, 0.1) is 16.3 Å². The van der Waals surface area contributed by atoms with E-state index in [0.717, 1.165) is 37.1 Å². The van der Waals surface area contributed by atoms with Crippen LogP contribution in [0, 0.1) is 6.92 Å². The maximum Gasteiger partial charge on any atom is 0.235 e. The summed E-state index contributed by atoms with van der Waals surface area (Å²) in [7, 11) is 0. The highest BCUT2D eigenvalue weighted by Gasteiger charge is 2.19. The average molecular weight is 342 g/mol. The average Bonchev–Trinajstić information content (AvgIpc) is 3.20. The van der Waals surface area contributed by atoms with E-state index >= 15 is 0 Å². The minimum atomic E-state index is 0.284. The minimum absolute atomic E-state index is 0.284. The Morgan fingerprint density at radius 3 is 2.70 bits per heavy atom. The molecular weight excluding hydrogens is 328 g/mol. The fraction of sp³-hybridized carbons (Fsp3) is 0.267. The van der Waals surface area contributed by atoms with Crippen LogP contribution in [0.5, 0.6) is 0 Å². The van der Waals surface area contributed by atoms with Gasteiger partial charge in [0.1, 0.15) is 5.01 Å². The Kier molecular flexibility index (Phi) is 3.42. The molecule has 4 rings (SSSR count). The van der Waals surface area contributed by atoms with Gasteiger partial charge in [0.2, 0.25) is 4.96 Å². The van der Waals surface area contributed by atoms with Crippen LogP contribution in [-0.4, -0.2) is 29.8 Å². The number of rotatable bonds is 3. The van der Waals surface area contributed by atoms with Crippen LogP contribution in [0.4, 0.5) is 0 Å². The van der Waals surface area contributed by atoms with Crippen LogP contribution in [0.3, 0.4) is 0 Å². The molecule has 0 N–H and O–H groups in total. The first kappa shape index (κ1) is 14.4. The van der Waals surface area contributed by atoms with Gasteiger partial charge in [-0.2, -0.15) is 9.61 Å². The fourth-order valence-electron chi connectivity index (χ4n) is 2.28. The van der Waals surface area contributed by atoms with Crippen molar-refractivity contribution in [1.82, 2.24) is 29.8 Å². The van der Waals surface area contributed by atoms with Crippen molar-refractivity contribution in [2.45, 2.75) is 26.7 Å². The smallest absolute Gasteiger partial charge is 0.235 e. The van der Waals surface area contributed by atoms with Crippen molar-refractivity contribution < 1.29 is 0 Å². The molecule has 0 bridgehead atoms. The molecule has 8 heteroatoms. The Bertz CT molecular complexity index is 967. The van der Waals surface area contributed by atoms with Crippen LogP contribution in [0.1, 0.15) is 31.3 Å². The van der Waals surface area contributed by atoms with E-state index in [1.165, 1.54) is 11.3 Å². The number of thiazole rings is 1. The van der Waals surface area contributed by atoms with Crippen LogP contribution in [0.15, 0.2) is 24.4 Å². The van der Waals surface area contributed by atoms with Gasteiger partial charge in [0.25, 0.3) is 0 Å². The predicted molar refractivity (Wildman–Crippen MR) is 91.8 cm³/mol. The largest absolute Gasteiger partial charge is 0.254 e. The summed E-state index contributed by atoms with van der Waals surface area (Å²) >= 11 is 3.15. The van der Waals surface area contributed by atoms with Crippen molar-refractivity contribution in [1.29, 1.82) is 0 Å². The van der Waals surface area contributed by atoms with Crippen molar-refractivity contribution in [3.63, 3.8) is 0 Å². The Morgan fingerprint density at radius 2 is 1.96 bits per heavy atom. The molecule has 6 nitrogen and oxygen atoms in total. The van der Waals surface area contributed by atoms with Gasteiger partial charge in [0, 0.05) is 12.1 Å². The van der Waals surface area contributed by atoms with E-state index in [1.807, 2.05) is 29.6 Å². The van der Waals surface area contributed by atoms with E-state index in [9.17, 15) is 0 Å². The summed E-state index contributed by atoms with van der Waals surface area (Å²) in [4.78, 5) is 10.9. The predicted octanol–water partition coefficient (Wildman–Crippen LogP) is 3.80. The third-order valence-electron chi connectivity index (χ3n) is 3.41. The van der Waals surface area contributed by atoms with E-state index in [4.69, 9.17) is 5.10 Å². The van der Waals surface area contributed by atoms with Gasteiger partial charge in [-0.15, -0.1) is 21.5 Å². The molecule has 116 valence electrons. The Labute approximate surface area is 140 Å². The quantitative estimate of drug-likeness (QED) is 0.566. The molecule has 0 aliphatic carbocycles. The standard InChI is InChI=1S/C15H14N6S2/c1-8(2)12-18-19-15-21(12)20-14(23-15)11-9(3)17-13(22-11)10-6-4-5-7-16-10/h4-8H,1-3H3. The molecule has 0 amide bonds. The summed E-state index contributed by atoms with van der Waals surface area (Å²) in [5.74, 6) is 1.17. The highest BCUT2D eigenvalue weighted by Crippen LogP contribution is 2.36. The number of hydrogen-bond acceptors (Lipinski definition) is 7. The van der Waals surface area contributed by atoms with Crippen molar-refractivity contribution in [2.75, 3.05) is 0 Å². The normalized spacial score (nSPS) is 11.7. The maximum atomic E-state index is 4.69. The lowest BCUT2D eigenvalue weighted by Crippen LogP contribution is -1.97. The van der Waals surface area contributed by atoms with E-state index in [1.54, 1.807) is 17.5 Å². The van der Waals surface area contributed by atoms with Crippen LogP contribution in [-0.2, 0) is 0 Å². The molecule has 0 saturated heterocycles. The van der Waals surface area contributed by atoms with Crippen molar-refractivity contribution in [3.8, 4) is 20.6 Å². The highest BCUT2D eigenvalue weighted by molar-refractivity contribution is 7.25. The molecule has 0 unspecified atom stereocenters. The summed E-state index contributed by atoms with van der Waals surface area (Å²) in [5.41, 5.74) is 1.85. The van der Waals surface area contributed by atoms with Gasteiger partial charge in [0.15, 0.2) is 10.8 Å². The molecule has 0 aromatic carbocycles. The monoisotopic (exact) mass is 342 g/mol. The third kappa shape index (κ3) is 2.43.